The van der Waals surface area contributed by atoms with Gasteiger partial charge in [0.05, 0.1) is 12.2 Å². The van der Waals surface area contributed by atoms with Crippen LogP contribution in [0.3, 0.4) is 0 Å². The van der Waals surface area contributed by atoms with Crippen LogP contribution in [-0.2, 0) is 6.54 Å². The van der Waals surface area contributed by atoms with Gasteiger partial charge in [0.1, 0.15) is 11.6 Å². The summed E-state index contributed by atoms with van der Waals surface area (Å²) < 4.78 is 13.3. The topological polar surface area (TPSA) is 37.8 Å². The summed E-state index contributed by atoms with van der Waals surface area (Å²) in [5.41, 5.74) is 2.35. The molecule has 0 aliphatic rings. The van der Waals surface area contributed by atoms with Gasteiger partial charge in [-0.15, -0.1) is 0 Å². The largest absolute Gasteiger partial charge is 0.308 e. The van der Waals surface area contributed by atoms with E-state index in [1.807, 2.05) is 6.07 Å². The lowest BCUT2D eigenvalue weighted by atomic mass is 10.1. The SMILES string of the molecule is Cc1cc(-c2ccnc(CNC(C)C)n2)ccc1F. The van der Waals surface area contributed by atoms with Gasteiger partial charge in [-0.1, -0.05) is 13.8 Å². The predicted octanol–water partition coefficient (Wildman–Crippen LogP) is 3.09. The van der Waals surface area contributed by atoms with Gasteiger partial charge in [0.15, 0.2) is 0 Å². The molecule has 2 aromatic rings. The fourth-order valence-electron chi connectivity index (χ4n) is 1.74. The second-order valence-corrected chi connectivity index (χ2v) is 4.86. The number of hydrogen-bond acceptors (Lipinski definition) is 3. The van der Waals surface area contributed by atoms with Crippen molar-refractivity contribution in [1.29, 1.82) is 0 Å². The van der Waals surface area contributed by atoms with Crippen LogP contribution in [0.5, 0.6) is 0 Å². The maximum absolute atomic E-state index is 13.3. The zero-order valence-corrected chi connectivity index (χ0v) is 11.4. The average Bonchev–Trinajstić information content (AvgIpc) is 2.40. The number of aryl methyl sites for hydroxylation is 1. The summed E-state index contributed by atoms with van der Waals surface area (Å²) in [6, 6.07) is 7.24. The van der Waals surface area contributed by atoms with Crippen LogP contribution in [0.1, 0.15) is 25.2 Å². The van der Waals surface area contributed by atoms with E-state index in [0.717, 1.165) is 17.1 Å². The van der Waals surface area contributed by atoms with E-state index >= 15 is 0 Å². The van der Waals surface area contributed by atoms with E-state index < -0.39 is 0 Å². The molecule has 0 aliphatic heterocycles. The molecule has 1 heterocycles. The van der Waals surface area contributed by atoms with Crippen molar-refractivity contribution in [3.63, 3.8) is 0 Å². The summed E-state index contributed by atoms with van der Waals surface area (Å²) in [4.78, 5) is 8.72. The molecule has 0 spiro atoms. The number of aromatic nitrogens is 2. The first-order valence-electron chi connectivity index (χ1n) is 6.38. The minimum absolute atomic E-state index is 0.195. The predicted molar refractivity (Wildman–Crippen MR) is 74.1 cm³/mol. The van der Waals surface area contributed by atoms with Gasteiger partial charge in [-0.25, -0.2) is 14.4 Å². The molecule has 1 aromatic heterocycles. The van der Waals surface area contributed by atoms with Crippen molar-refractivity contribution in [3.8, 4) is 11.3 Å². The first-order valence-corrected chi connectivity index (χ1v) is 6.38. The van der Waals surface area contributed by atoms with E-state index in [2.05, 4.69) is 29.1 Å². The molecule has 19 heavy (non-hydrogen) atoms. The molecular weight excluding hydrogens is 241 g/mol. The maximum Gasteiger partial charge on any atom is 0.142 e. The molecule has 0 saturated heterocycles. The molecule has 0 amide bonds. The molecule has 0 saturated carbocycles. The standard InChI is InChI=1S/C15H18FN3/c1-10(2)18-9-15-17-7-6-14(19-15)12-4-5-13(16)11(3)8-12/h4-8,10,18H,9H2,1-3H3. The van der Waals surface area contributed by atoms with Crippen molar-refractivity contribution in [2.75, 3.05) is 0 Å². The second kappa shape index (κ2) is 5.89. The number of halogens is 1. The molecule has 100 valence electrons. The molecule has 0 radical (unpaired) electrons. The Kier molecular flexibility index (Phi) is 4.22. The van der Waals surface area contributed by atoms with Gasteiger partial charge >= 0.3 is 0 Å². The summed E-state index contributed by atoms with van der Waals surface area (Å²) in [7, 11) is 0. The summed E-state index contributed by atoms with van der Waals surface area (Å²) in [6.45, 7) is 6.54. The Labute approximate surface area is 112 Å². The van der Waals surface area contributed by atoms with E-state index in [-0.39, 0.29) is 5.82 Å². The van der Waals surface area contributed by atoms with Gasteiger partial charge < -0.3 is 5.32 Å². The lowest BCUT2D eigenvalue weighted by molar-refractivity contribution is 0.572. The van der Waals surface area contributed by atoms with Crippen molar-refractivity contribution in [2.45, 2.75) is 33.4 Å². The normalized spacial score (nSPS) is 11.0. The lowest BCUT2D eigenvalue weighted by Gasteiger charge is -2.08. The third-order valence-corrected chi connectivity index (χ3v) is 2.83. The van der Waals surface area contributed by atoms with E-state index in [1.54, 1.807) is 25.3 Å². The number of rotatable bonds is 4. The number of nitrogens with one attached hydrogen (secondary N) is 1. The van der Waals surface area contributed by atoms with Crippen LogP contribution >= 0.6 is 0 Å². The number of hydrogen-bond donors (Lipinski definition) is 1. The number of benzene rings is 1. The van der Waals surface area contributed by atoms with Crippen molar-refractivity contribution in [1.82, 2.24) is 15.3 Å². The zero-order valence-electron chi connectivity index (χ0n) is 11.4. The zero-order chi connectivity index (χ0) is 13.8. The van der Waals surface area contributed by atoms with Crippen molar-refractivity contribution >= 4 is 0 Å². The van der Waals surface area contributed by atoms with Gasteiger partial charge in [-0.2, -0.15) is 0 Å². The Morgan fingerprint density at radius 2 is 2.05 bits per heavy atom. The monoisotopic (exact) mass is 259 g/mol. The van der Waals surface area contributed by atoms with Crippen LogP contribution in [0.15, 0.2) is 30.5 Å². The highest BCUT2D eigenvalue weighted by molar-refractivity contribution is 5.59. The van der Waals surface area contributed by atoms with E-state index in [1.165, 1.54) is 6.07 Å². The Morgan fingerprint density at radius 1 is 1.26 bits per heavy atom. The molecule has 3 nitrogen and oxygen atoms in total. The molecule has 0 unspecified atom stereocenters. The minimum atomic E-state index is -0.195. The fourth-order valence-corrected chi connectivity index (χ4v) is 1.74. The van der Waals surface area contributed by atoms with Crippen LogP contribution in [-0.4, -0.2) is 16.0 Å². The molecular formula is C15H18FN3. The highest BCUT2D eigenvalue weighted by Gasteiger charge is 2.05. The molecule has 2 rings (SSSR count). The maximum atomic E-state index is 13.3. The third kappa shape index (κ3) is 3.58. The minimum Gasteiger partial charge on any atom is -0.308 e. The Hall–Kier alpha value is -1.81. The van der Waals surface area contributed by atoms with Crippen LogP contribution in [0.4, 0.5) is 4.39 Å². The van der Waals surface area contributed by atoms with Crippen molar-refractivity contribution in [2.24, 2.45) is 0 Å². The molecule has 4 heteroatoms. The van der Waals surface area contributed by atoms with E-state index in [0.29, 0.717) is 18.2 Å². The van der Waals surface area contributed by atoms with E-state index in [9.17, 15) is 4.39 Å². The molecule has 0 aliphatic carbocycles. The van der Waals surface area contributed by atoms with Crippen LogP contribution in [0, 0.1) is 12.7 Å². The fraction of sp³-hybridized carbons (Fsp3) is 0.333. The molecule has 0 fully saturated rings. The average molecular weight is 259 g/mol. The molecule has 1 N–H and O–H groups in total. The third-order valence-electron chi connectivity index (χ3n) is 2.83. The molecule has 0 atom stereocenters. The Bertz CT molecular complexity index is 567. The Morgan fingerprint density at radius 3 is 2.74 bits per heavy atom. The summed E-state index contributed by atoms with van der Waals surface area (Å²) in [5.74, 6) is 0.549. The first kappa shape index (κ1) is 13.6. The highest BCUT2D eigenvalue weighted by Crippen LogP contribution is 2.19. The first-order chi connectivity index (χ1) is 9.06. The quantitative estimate of drug-likeness (QED) is 0.917. The smallest absolute Gasteiger partial charge is 0.142 e. The Balaban J connectivity index is 2.24. The highest BCUT2D eigenvalue weighted by atomic mass is 19.1. The van der Waals surface area contributed by atoms with Gasteiger partial charge in [-0.05, 0) is 36.8 Å². The van der Waals surface area contributed by atoms with Crippen molar-refractivity contribution in [3.05, 3.63) is 47.7 Å². The van der Waals surface area contributed by atoms with Gasteiger partial charge in [0, 0.05) is 17.8 Å². The van der Waals surface area contributed by atoms with Gasteiger partial charge in [0.25, 0.3) is 0 Å². The summed E-state index contributed by atoms with van der Waals surface area (Å²) >= 11 is 0. The number of nitrogens with zero attached hydrogens (tertiary/aromatic N) is 2. The summed E-state index contributed by atoms with van der Waals surface area (Å²) in [6.07, 6.45) is 1.73. The van der Waals surface area contributed by atoms with Gasteiger partial charge in [-0.3, -0.25) is 0 Å². The summed E-state index contributed by atoms with van der Waals surface area (Å²) in [5, 5.41) is 3.28. The van der Waals surface area contributed by atoms with Crippen LogP contribution < -0.4 is 5.32 Å². The van der Waals surface area contributed by atoms with Crippen LogP contribution in [0.25, 0.3) is 11.3 Å². The van der Waals surface area contributed by atoms with E-state index in [4.69, 9.17) is 0 Å². The lowest BCUT2D eigenvalue weighted by Crippen LogP contribution is -2.23. The second-order valence-electron chi connectivity index (χ2n) is 4.86. The molecule has 0 bridgehead atoms. The van der Waals surface area contributed by atoms with Crippen molar-refractivity contribution < 1.29 is 4.39 Å². The van der Waals surface area contributed by atoms with Gasteiger partial charge in [0.2, 0.25) is 0 Å². The van der Waals surface area contributed by atoms with Crippen LogP contribution in [0.2, 0.25) is 0 Å². The molecule has 1 aromatic carbocycles.